The number of hydrazine groups is 1. The second-order valence-electron chi connectivity index (χ2n) is 7.87. The summed E-state index contributed by atoms with van der Waals surface area (Å²) in [7, 11) is 1.28. The summed E-state index contributed by atoms with van der Waals surface area (Å²) in [5.41, 5.74) is 1.84. The van der Waals surface area contributed by atoms with E-state index in [1.54, 1.807) is 65.8 Å². The van der Waals surface area contributed by atoms with E-state index in [1.807, 2.05) is 0 Å². The zero-order chi connectivity index (χ0) is 20.8. The van der Waals surface area contributed by atoms with Crippen LogP contribution in [-0.4, -0.2) is 41.5 Å². The first-order valence-corrected chi connectivity index (χ1v) is 8.48. The number of benzene rings is 1. The molecule has 1 aromatic carbocycles. The van der Waals surface area contributed by atoms with Gasteiger partial charge in [-0.2, -0.15) is 0 Å². The Morgan fingerprint density at radius 3 is 2.11 bits per heavy atom. The van der Waals surface area contributed by atoms with Crippen molar-refractivity contribution in [2.75, 3.05) is 7.11 Å². The molecule has 8 heteroatoms. The number of methoxy groups -OCH3 is 1. The zero-order valence-electron chi connectivity index (χ0n) is 16.9. The molecule has 0 heterocycles. The molecular formula is C19H28N2O6. The summed E-state index contributed by atoms with van der Waals surface area (Å²) in [6, 6.07) is 6.53. The maximum atomic E-state index is 12.5. The molecule has 1 N–H and O–H groups in total. The van der Waals surface area contributed by atoms with Gasteiger partial charge in [-0.25, -0.2) is 24.8 Å². The normalized spacial score (nSPS) is 11.4. The van der Waals surface area contributed by atoms with Crippen molar-refractivity contribution in [3.63, 3.8) is 0 Å². The van der Waals surface area contributed by atoms with Crippen LogP contribution in [0.2, 0.25) is 0 Å². The molecule has 0 aromatic heterocycles. The van der Waals surface area contributed by atoms with Crippen LogP contribution in [0.4, 0.5) is 9.59 Å². The summed E-state index contributed by atoms with van der Waals surface area (Å²) in [4.78, 5) is 36.3. The molecule has 0 spiro atoms. The number of nitrogens with zero attached hydrogens (tertiary/aromatic N) is 1. The molecule has 0 atom stereocenters. The Kier molecular flexibility index (Phi) is 7.21. The highest BCUT2D eigenvalue weighted by molar-refractivity contribution is 5.89. The number of esters is 1. The molecule has 0 aliphatic heterocycles. The summed E-state index contributed by atoms with van der Waals surface area (Å²) >= 11 is 0. The molecule has 0 aliphatic carbocycles. The topological polar surface area (TPSA) is 94.2 Å². The van der Waals surface area contributed by atoms with Gasteiger partial charge in [0.05, 0.1) is 19.2 Å². The summed E-state index contributed by atoms with van der Waals surface area (Å²) in [6.07, 6.45) is -1.55. The van der Waals surface area contributed by atoms with Crippen LogP contribution in [0, 0.1) is 0 Å². The lowest BCUT2D eigenvalue weighted by Crippen LogP contribution is -2.49. The summed E-state index contributed by atoms with van der Waals surface area (Å²) < 4.78 is 15.2. The molecule has 0 radical (unpaired) electrons. The van der Waals surface area contributed by atoms with Crippen molar-refractivity contribution in [2.45, 2.75) is 59.3 Å². The van der Waals surface area contributed by atoms with E-state index in [2.05, 4.69) is 5.43 Å². The lowest BCUT2D eigenvalue weighted by atomic mass is 10.1. The van der Waals surface area contributed by atoms with E-state index in [1.165, 1.54) is 7.11 Å². The maximum Gasteiger partial charge on any atom is 0.429 e. The largest absolute Gasteiger partial charge is 0.465 e. The minimum Gasteiger partial charge on any atom is -0.465 e. The predicted molar refractivity (Wildman–Crippen MR) is 98.9 cm³/mol. The predicted octanol–water partition coefficient (Wildman–Crippen LogP) is 3.65. The van der Waals surface area contributed by atoms with Gasteiger partial charge in [-0.15, -0.1) is 0 Å². The molecule has 2 amide bonds. The molecule has 0 saturated carbocycles. The van der Waals surface area contributed by atoms with Gasteiger partial charge in [-0.05, 0) is 59.2 Å². The first-order valence-electron chi connectivity index (χ1n) is 8.48. The Balaban J connectivity index is 3.02. The van der Waals surface area contributed by atoms with Crippen molar-refractivity contribution < 1.29 is 28.6 Å². The van der Waals surface area contributed by atoms with Crippen LogP contribution in [0.3, 0.4) is 0 Å². The zero-order valence-corrected chi connectivity index (χ0v) is 16.9. The molecule has 0 bridgehead atoms. The van der Waals surface area contributed by atoms with E-state index in [0.29, 0.717) is 11.1 Å². The van der Waals surface area contributed by atoms with Gasteiger partial charge in [0.1, 0.15) is 11.2 Å². The fraction of sp³-hybridized carbons (Fsp3) is 0.526. The summed E-state index contributed by atoms with van der Waals surface area (Å²) in [5.74, 6) is -0.499. The van der Waals surface area contributed by atoms with Gasteiger partial charge in [0, 0.05) is 0 Å². The second-order valence-corrected chi connectivity index (χ2v) is 7.87. The number of nitrogens with one attached hydrogen (secondary N) is 1. The molecule has 1 rings (SSSR count). The first-order chi connectivity index (χ1) is 12.3. The van der Waals surface area contributed by atoms with Crippen LogP contribution in [0.5, 0.6) is 0 Å². The third-order valence-corrected chi connectivity index (χ3v) is 2.93. The van der Waals surface area contributed by atoms with E-state index < -0.39 is 29.4 Å². The number of hydrogen-bond acceptors (Lipinski definition) is 6. The van der Waals surface area contributed by atoms with Crippen molar-refractivity contribution in [1.82, 2.24) is 10.4 Å². The van der Waals surface area contributed by atoms with Gasteiger partial charge in [0.25, 0.3) is 0 Å². The Morgan fingerprint density at radius 2 is 1.59 bits per heavy atom. The highest BCUT2D eigenvalue weighted by Gasteiger charge is 2.26. The Labute approximate surface area is 159 Å². The lowest BCUT2D eigenvalue weighted by molar-refractivity contribution is -0.000659. The van der Waals surface area contributed by atoms with Gasteiger partial charge in [-0.1, -0.05) is 12.1 Å². The lowest BCUT2D eigenvalue weighted by Gasteiger charge is -2.29. The molecular weight excluding hydrogens is 352 g/mol. The quantitative estimate of drug-likeness (QED) is 0.489. The van der Waals surface area contributed by atoms with Crippen LogP contribution < -0.4 is 5.43 Å². The van der Waals surface area contributed by atoms with E-state index in [4.69, 9.17) is 14.2 Å². The molecule has 27 heavy (non-hydrogen) atoms. The monoisotopic (exact) mass is 380 g/mol. The standard InChI is InChI=1S/C19H28N2O6/c1-18(2,3)26-16(23)20-21(17(24)27-19(4,5)6)12-13-9-8-10-14(11-13)15(22)25-7/h8-11H,12H2,1-7H3,(H,20,23). The molecule has 1 aromatic rings. The molecule has 8 nitrogen and oxygen atoms in total. The molecule has 0 aliphatic rings. The Bertz CT molecular complexity index is 688. The minimum atomic E-state index is -0.794. The third-order valence-electron chi connectivity index (χ3n) is 2.93. The number of carbonyl (C=O) groups excluding carboxylic acids is 3. The number of carbonyl (C=O) groups is 3. The van der Waals surface area contributed by atoms with Crippen LogP contribution in [0.1, 0.15) is 57.5 Å². The molecule has 150 valence electrons. The van der Waals surface area contributed by atoms with Gasteiger partial charge >= 0.3 is 18.2 Å². The third kappa shape index (κ3) is 8.44. The van der Waals surface area contributed by atoms with E-state index >= 15 is 0 Å². The van der Waals surface area contributed by atoms with Gasteiger partial charge in [-0.3, -0.25) is 0 Å². The van der Waals surface area contributed by atoms with Crippen molar-refractivity contribution in [2.24, 2.45) is 0 Å². The number of hydrogen-bond donors (Lipinski definition) is 1. The fourth-order valence-electron chi connectivity index (χ4n) is 1.97. The minimum absolute atomic E-state index is 0.0288. The Hall–Kier alpha value is -2.77. The number of amides is 2. The fourth-order valence-corrected chi connectivity index (χ4v) is 1.97. The highest BCUT2D eigenvalue weighted by Crippen LogP contribution is 2.14. The van der Waals surface area contributed by atoms with E-state index in [9.17, 15) is 14.4 Å². The van der Waals surface area contributed by atoms with Crippen molar-refractivity contribution in [1.29, 1.82) is 0 Å². The maximum absolute atomic E-state index is 12.5. The smallest absolute Gasteiger partial charge is 0.429 e. The second kappa shape index (κ2) is 8.75. The average molecular weight is 380 g/mol. The van der Waals surface area contributed by atoms with Crippen molar-refractivity contribution in [3.05, 3.63) is 35.4 Å². The molecule has 0 fully saturated rings. The van der Waals surface area contributed by atoms with Crippen LogP contribution >= 0.6 is 0 Å². The Morgan fingerprint density at radius 1 is 1.00 bits per heavy atom. The van der Waals surface area contributed by atoms with Crippen molar-refractivity contribution >= 4 is 18.2 Å². The SMILES string of the molecule is COC(=O)c1cccc(CN(NC(=O)OC(C)(C)C)C(=O)OC(C)(C)C)c1. The number of rotatable bonds is 3. The summed E-state index contributed by atoms with van der Waals surface area (Å²) in [5, 5.41) is 0.996. The van der Waals surface area contributed by atoms with Gasteiger partial charge < -0.3 is 14.2 Å². The summed E-state index contributed by atoms with van der Waals surface area (Å²) in [6.45, 7) is 10.3. The van der Waals surface area contributed by atoms with Crippen LogP contribution in [-0.2, 0) is 20.8 Å². The van der Waals surface area contributed by atoms with Crippen molar-refractivity contribution in [3.8, 4) is 0 Å². The van der Waals surface area contributed by atoms with Gasteiger partial charge in [0.15, 0.2) is 0 Å². The van der Waals surface area contributed by atoms with E-state index in [0.717, 1.165) is 5.01 Å². The highest BCUT2D eigenvalue weighted by atomic mass is 16.6. The van der Waals surface area contributed by atoms with Crippen LogP contribution in [0.25, 0.3) is 0 Å². The van der Waals surface area contributed by atoms with E-state index in [-0.39, 0.29) is 6.54 Å². The number of ether oxygens (including phenoxy) is 3. The first kappa shape index (κ1) is 22.3. The average Bonchev–Trinajstić information content (AvgIpc) is 2.50. The van der Waals surface area contributed by atoms with Gasteiger partial charge in [0.2, 0.25) is 0 Å². The molecule has 0 saturated heterocycles. The van der Waals surface area contributed by atoms with Crippen LogP contribution in [0.15, 0.2) is 24.3 Å². The molecule has 0 unspecified atom stereocenters.